The molecule has 4 rings (SSSR count). The Kier molecular flexibility index (Phi) is 5.75. The fourth-order valence-corrected chi connectivity index (χ4v) is 3.38. The topological polar surface area (TPSA) is 71.5 Å². The molecule has 6 nitrogen and oxygen atoms in total. The molecule has 30 heavy (non-hydrogen) atoms. The number of carbonyl (C=O) groups excluding carboxylic acids is 2. The molecule has 1 fully saturated rings. The van der Waals surface area contributed by atoms with Crippen molar-refractivity contribution in [3.05, 3.63) is 89.6 Å². The van der Waals surface area contributed by atoms with Gasteiger partial charge >= 0.3 is 0 Å². The van der Waals surface area contributed by atoms with E-state index in [9.17, 15) is 9.59 Å². The highest BCUT2D eigenvalue weighted by Crippen LogP contribution is 2.20. The Labute approximate surface area is 175 Å². The molecule has 2 amide bonds. The van der Waals surface area contributed by atoms with Gasteiger partial charge in [-0.2, -0.15) is 0 Å². The number of nitrogens with one attached hydrogen (secondary N) is 1. The first-order chi connectivity index (χ1) is 14.6. The molecule has 0 aliphatic carbocycles. The number of nitrogens with zero attached hydrogens (tertiary/aromatic N) is 2. The number of anilines is 1. The number of ether oxygens (including phenoxy) is 1. The monoisotopic (exact) mass is 401 g/mol. The molecule has 0 spiro atoms. The van der Waals surface area contributed by atoms with Crippen molar-refractivity contribution < 1.29 is 14.3 Å². The Hall–Kier alpha value is -3.67. The van der Waals surface area contributed by atoms with Crippen molar-refractivity contribution >= 4 is 17.5 Å². The number of amides is 2. The summed E-state index contributed by atoms with van der Waals surface area (Å²) in [6, 6.07) is 20.1. The Morgan fingerprint density at radius 1 is 1.00 bits per heavy atom. The molecule has 3 aromatic rings. The molecule has 1 aliphatic heterocycles. The lowest BCUT2D eigenvalue weighted by Gasteiger charge is -2.17. The van der Waals surface area contributed by atoms with Crippen molar-refractivity contribution in [3.63, 3.8) is 0 Å². The van der Waals surface area contributed by atoms with Crippen LogP contribution in [-0.2, 0) is 0 Å². The molecule has 0 radical (unpaired) electrons. The molecule has 0 saturated carbocycles. The van der Waals surface area contributed by atoms with Gasteiger partial charge in [-0.1, -0.05) is 35.9 Å². The summed E-state index contributed by atoms with van der Waals surface area (Å²) in [5, 5.41) is 2.81. The lowest BCUT2D eigenvalue weighted by molar-refractivity contribution is 0.0771. The Bertz CT molecular complexity index is 1020. The first-order valence-electron chi connectivity index (χ1n) is 9.93. The van der Waals surface area contributed by atoms with Crippen molar-refractivity contribution in [2.24, 2.45) is 0 Å². The third-order valence-electron chi connectivity index (χ3n) is 5.05. The maximum atomic E-state index is 12.6. The van der Waals surface area contributed by atoms with Gasteiger partial charge in [-0.25, -0.2) is 4.98 Å². The van der Waals surface area contributed by atoms with Gasteiger partial charge in [0.15, 0.2) is 0 Å². The van der Waals surface area contributed by atoms with Gasteiger partial charge in [0.05, 0.1) is 18.4 Å². The van der Waals surface area contributed by atoms with Crippen LogP contribution in [0.1, 0.15) is 32.7 Å². The molecule has 1 N–H and O–H groups in total. The van der Waals surface area contributed by atoms with Crippen LogP contribution in [-0.4, -0.2) is 40.9 Å². The molecule has 1 saturated heterocycles. The fraction of sp³-hybridized carbons (Fsp3) is 0.208. The van der Waals surface area contributed by atoms with E-state index in [4.69, 9.17) is 4.74 Å². The molecule has 1 atom stereocenters. The standard InChI is InChI=1S/C24H23N3O3/c1-17-7-9-19(10-8-17)24(29)27-14-13-21(16-27)30-22-12-11-20(15-25-22)26-23(28)18-5-3-2-4-6-18/h2-12,15,21H,13-14,16H2,1H3,(H,26,28). The van der Waals surface area contributed by atoms with Crippen LogP contribution in [0.5, 0.6) is 5.88 Å². The molecular formula is C24H23N3O3. The number of rotatable bonds is 5. The van der Waals surface area contributed by atoms with Crippen LogP contribution >= 0.6 is 0 Å². The molecular weight excluding hydrogens is 378 g/mol. The SMILES string of the molecule is Cc1ccc(C(=O)N2CCC(Oc3ccc(NC(=O)c4ccccc4)cn3)C2)cc1. The second-order valence-corrected chi connectivity index (χ2v) is 7.35. The van der Waals surface area contributed by atoms with Crippen LogP contribution in [0, 0.1) is 6.92 Å². The number of pyridine rings is 1. The predicted octanol–water partition coefficient (Wildman–Crippen LogP) is 3.94. The zero-order chi connectivity index (χ0) is 20.9. The van der Waals surface area contributed by atoms with E-state index in [1.807, 2.05) is 54.3 Å². The van der Waals surface area contributed by atoms with Crippen LogP contribution < -0.4 is 10.1 Å². The van der Waals surface area contributed by atoms with Gasteiger partial charge in [-0.3, -0.25) is 9.59 Å². The highest BCUT2D eigenvalue weighted by molar-refractivity contribution is 6.04. The first-order valence-corrected chi connectivity index (χ1v) is 9.93. The summed E-state index contributed by atoms with van der Waals surface area (Å²) in [5.41, 5.74) is 3.00. The summed E-state index contributed by atoms with van der Waals surface area (Å²) in [4.78, 5) is 30.9. The molecule has 2 aromatic carbocycles. The summed E-state index contributed by atoms with van der Waals surface area (Å²) in [6.07, 6.45) is 2.23. The number of carbonyl (C=O) groups is 2. The van der Waals surface area contributed by atoms with Gasteiger partial charge in [0.1, 0.15) is 6.10 Å². The number of hydrogen-bond donors (Lipinski definition) is 1. The lowest BCUT2D eigenvalue weighted by atomic mass is 10.1. The number of aryl methyl sites for hydroxylation is 1. The third kappa shape index (κ3) is 4.66. The summed E-state index contributed by atoms with van der Waals surface area (Å²) < 4.78 is 5.94. The minimum atomic E-state index is -0.188. The van der Waals surface area contributed by atoms with Crippen LogP contribution in [0.3, 0.4) is 0 Å². The molecule has 1 aliphatic rings. The maximum Gasteiger partial charge on any atom is 0.255 e. The zero-order valence-corrected chi connectivity index (χ0v) is 16.7. The number of hydrogen-bond acceptors (Lipinski definition) is 4. The Morgan fingerprint density at radius 2 is 1.77 bits per heavy atom. The van der Waals surface area contributed by atoms with E-state index < -0.39 is 0 Å². The van der Waals surface area contributed by atoms with Crippen molar-refractivity contribution in [2.45, 2.75) is 19.4 Å². The van der Waals surface area contributed by atoms with Gasteiger partial charge in [-0.15, -0.1) is 0 Å². The summed E-state index contributed by atoms with van der Waals surface area (Å²) in [7, 11) is 0. The lowest BCUT2D eigenvalue weighted by Crippen LogP contribution is -2.31. The predicted molar refractivity (Wildman–Crippen MR) is 115 cm³/mol. The van der Waals surface area contributed by atoms with Gasteiger partial charge in [-0.05, 0) is 37.3 Å². The highest BCUT2D eigenvalue weighted by Gasteiger charge is 2.28. The third-order valence-corrected chi connectivity index (χ3v) is 5.05. The van der Waals surface area contributed by atoms with Crippen molar-refractivity contribution in [3.8, 4) is 5.88 Å². The van der Waals surface area contributed by atoms with Crippen LogP contribution in [0.25, 0.3) is 0 Å². The van der Waals surface area contributed by atoms with E-state index in [0.717, 1.165) is 12.0 Å². The molecule has 6 heteroatoms. The largest absolute Gasteiger partial charge is 0.472 e. The van der Waals surface area contributed by atoms with Crippen LogP contribution in [0.2, 0.25) is 0 Å². The molecule has 1 aromatic heterocycles. The maximum absolute atomic E-state index is 12.6. The van der Waals surface area contributed by atoms with E-state index >= 15 is 0 Å². The molecule has 0 bridgehead atoms. The molecule has 152 valence electrons. The van der Waals surface area contributed by atoms with Crippen LogP contribution in [0.4, 0.5) is 5.69 Å². The Balaban J connectivity index is 1.31. The van der Waals surface area contributed by atoms with Gasteiger partial charge in [0.2, 0.25) is 5.88 Å². The van der Waals surface area contributed by atoms with Crippen molar-refractivity contribution in [2.75, 3.05) is 18.4 Å². The van der Waals surface area contributed by atoms with Crippen LogP contribution in [0.15, 0.2) is 72.9 Å². The quantitative estimate of drug-likeness (QED) is 0.703. The van der Waals surface area contributed by atoms with E-state index in [0.29, 0.717) is 35.8 Å². The average Bonchev–Trinajstić information content (AvgIpc) is 3.24. The van der Waals surface area contributed by atoms with Crippen molar-refractivity contribution in [1.82, 2.24) is 9.88 Å². The van der Waals surface area contributed by atoms with Gasteiger partial charge in [0.25, 0.3) is 11.8 Å². The normalized spacial score (nSPS) is 15.6. The summed E-state index contributed by atoms with van der Waals surface area (Å²) in [5.74, 6) is 0.308. The molecule has 1 unspecified atom stereocenters. The summed E-state index contributed by atoms with van der Waals surface area (Å²) in [6.45, 7) is 3.18. The first kappa shape index (κ1) is 19.6. The fourth-order valence-electron chi connectivity index (χ4n) is 3.38. The number of benzene rings is 2. The van der Waals surface area contributed by atoms with E-state index in [1.165, 1.54) is 0 Å². The zero-order valence-electron chi connectivity index (χ0n) is 16.7. The second-order valence-electron chi connectivity index (χ2n) is 7.35. The molecule has 2 heterocycles. The highest BCUT2D eigenvalue weighted by atomic mass is 16.5. The second kappa shape index (κ2) is 8.78. The minimum Gasteiger partial charge on any atom is -0.472 e. The minimum absolute atomic E-state index is 0.0213. The van der Waals surface area contributed by atoms with Gasteiger partial charge < -0.3 is 15.0 Å². The average molecular weight is 401 g/mol. The Morgan fingerprint density at radius 3 is 2.47 bits per heavy atom. The van der Waals surface area contributed by atoms with E-state index in [1.54, 1.807) is 30.5 Å². The van der Waals surface area contributed by atoms with Gasteiger partial charge in [0, 0.05) is 30.2 Å². The number of aromatic nitrogens is 1. The number of likely N-dealkylation sites (tertiary alicyclic amines) is 1. The van der Waals surface area contributed by atoms with Crippen molar-refractivity contribution in [1.29, 1.82) is 0 Å². The van der Waals surface area contributed by atoms with E-state index in [2.05, 4.69) is 10.3 Å². The van der Waals surface area contributed by atoms with E-state index in [-0.39, 0.29) is 17.9 Å². The summed E-state index contributed by atoms with van der Waals surface area (Å²) >= 11 is 0. The smallest absolute Gasteiger partial charge is 0.255 e.